The largest absolute Gasteiger partial charge is 0.205 e. The van der Waals surface area contributed by atoms with E-state index in [0.717, 1.165) is 31.1 Å². The maximum absolute atomic E-state index is 13.6. The minimum absolute atomic E-state index is 0.429. The summed E-state index contributed by atoms with van der Waals surface area (Å²) >= 11 is 5.57. The fourth-order valence-electron chi connectivity index (χ4n) is 5.09. The number of hydrogen-bond donors (Lipinski definition) is 0. The van der Waals surface area contributed by atoms with Crippen LogP contribution in [0.5, 0.6) is 0 Å². The zero-order valence-electron chi connectivity index (χ0n) is 19.4. The monoisotopic (exact) mass is 466 g/mol. The molecule has 3 heteroatoms. The van der Waals surface area contributed by atoms with E-state index >= 15 is 0 Å². The van der Waals surface area contributed by atoms with Gasteiger partial charge in [0, 0.05) is 0 Å². The predicted octanol–water partition coefficient (Wildman–Crippen LogP) is 8.87. The number of rotatable bonds is 8. The molecule has 1 aliphatic carbocycles. The molecule has 3 aromatic rings. The second-order valence-corrected chi connectivity index (χ2v) is 9.92. The molecule has 0 bridgehead atoms. The van der Waals surface area contributed by atoms with Gasteiger partial charge in [0.2, 0.25) is 0 Å². The van der Waals surface area contributed by atoms with E-state index in [4.69, 9.17) is 11.6 Å². The van der Waals surface area contributed by atoms with Gasteiger partial charge in [-0.3, -0.25) is 0 Å². The summed E-state index contributed by atoms with van der Waals surface area (Å²) in [5, 5.41) is -0.429. The molecule has 174 valence electrons. The molecule has 0 aromatic heterocycles. The molecule has 0 unspecified atom stereocenters. The first kappa shape index (κ1) is 24.0. The van der Waals surface area contributed by atoms with Crippen molar-refractivity contribution in [2.75, 3.05) is 0 Å². The molecule has 3 aromatic carbocycles. The van der Waals surface area contributed by atoms with Crippen LogP contribution in [-0.2, 0) is 25.7 Å². The molecule has 0 saturated heterocycles. The van der Waals surface area contributed by atoms with Crippen molar-refractivity contribution in [1.82, 2.24) is 0 Å². The van der Waals surface area contributed by atoms with Crippen LogP contribution < -0.4 is 0 Å². The van der Waals surface area contributed by atoms with Gasteiger partial charge in [0.05, 0.1) is 0 Å². The van der Waals surface area contributed by atoms with Crippen molar-refractivity contribution in [3.63, 3.8) is 0 Å². The second-order valence-electron chi connectivity index (χ2n) is 9.54. The molecule has 0 atom stereocenters. The van der Waals surface area contributed by atoms with E-state index < -0.39 is 16.7 Å². The minimum Gasteiger partial charge on any atom is -0.205 e. The van der Waals surface area contributed by atoms with Crippen molar-refractivity contribution in [2.24, 2.45) is 5.92 Å². The van der Waals surface area contributed by atoms with Crippen LogP contribution in [0.1, 0.15) is 72.8 Å². The lowest BCUT2D eigenvalue weighted by molar-refractivity contribution is 0.310. The molecule has 1 saturated carbocycles. The average molecular weight is 467 g/mol. The fraction of sp³-hybridized carbons (Fsp3) is 0.400. The molecule has 0 N–H and O–H groups in total. The van der Waals surface area contributed by atoms with Crippen LogP contribution in [0.25, 0.3) is 0 Å². The summed E-state index contributed by atoms with van der Waals surface area (Å²) in [5.41, 5.74) is 6.13. The topological polar surface area (TPSA) is 0 Å². The van der Waals surface area contributed by atoms with Gasteiger partial charge in [-0.2, -0.15) is 0 Å². The van der Waals surface area contributed by atoms with Crippen molar-refractivity contribution in [1.29, 1.82) is 0 Å². The standard InChI is InChI=1S/C30H33ClF2/c1-2-21-11-15-26(16-12-21)27-17-13-24(14-18-27)8-7-22-3-5-23(6-4-22)9-10-25-19-28(32)30(31)29(33)20-25/h3-6,11-12,15-16,19-20,24,27H,2,7-10,13-14,17-18H2,1H3. The Balaban J connectivity index is 1.21. The predicted molar refractivity (Wildman–Crippen MR) is 134 cm³/mol. The molecule has 1 aliphatic rings. The molecule has 0 spiro atoms. The van der Waals surface area contributed by atoms with E-state index in [1.54, 1.807) is 0 Å². The van der Waals surface area contributed by atoms with Gasteiger partial charge in [-0.05, 0) is 110 Å². The van der Waals surface area contributed by atoms with Crippen molar-refractivity contribution in [2.45, 2.75) is 70.6 Å². The fourth-order valence-corrected chi connectivity index (χ4v) is 5.20. The van der Waals surface area contributed by atoms with Gasteiger partial charge >= 0.3 is 0 Å². The normalized spacial score (nSPS) is 18.4. The minimum atomic E-state index is -0.689. The molecule has 0 radical (unpaired) electrons. The Kier molecular flexibility index (Phi) is 8.20. The zero-order chi connectivity index (χ0) is 23.2. The van der Waals surface area contributed by atoms with E-state index in [0.29, 0.717) is 12.0 Å². The number of benzene rings is 3. The second kappa shape index (κ2) is 11.3. The maximum atomic E-state index is 13.6. The highest BCUT2D eigenvalue weighted by atomic mass is 35.5. The van der Waals surface area contributed by atoms with E-state index in [1.165, 1.54) is 66.5 Å². The quantitative estimate of drug-likeness (QED) is 0.291. The van der Waals surface area contributed by atoms with E-state index in [1.807, 2.05) is 0 Å². The van der Waals surface area contributed by atoms with Crippen LogP contribution in [0.3, 0.4) is 0 Å². The number of halogens is 3. The van der Waals surface area contributed by atoms with Gasteiger partial charge < -0.3 is 0 Å². The Morgan fingerprint density at radius 1 is 0.697 bits per heavy atom. The smallest absolute Gasteiger partial charge is 0.145 e. The van der Waals surface area contributed by atoms with Crippen LogP contribution >= 0.6 is 11.6 Å². The molecule has 0 amide bonds. The summed E-state index contributed by atoms with van der Waals surface area (Å²) in [4.78, 5) is 0. The first-order chi connectivity index (χ1) is 16.0. The molecule has 1 fully saturated rings. The summed E-state index contributed by atoms with van der Waals surface area (Å²) < 4.78 is 27.2. The molecule has 0 heterocycles. The highest BCUT2D eigenvalue weighted by molar-refractivity contribution is 6.30. The van der Waals surface area contributed by atoms with Crippen LogP contribution in [0.15, 0.2) is 60.7 Å². The Morgan fingerprint density at radius 2 is 1.21 bits per heavy atom. The van der Waals surface area contributed by atoms with Gasteiger partial charge in [-0.15, -0.1) is 0 Å². The average Bonchev–Trinajstić information content (AvgIpc) is 2.85. The number of hydrogen-bond acceptors (Lipinski definition) is 0. The third-order valence-corrected chi connectivity index (χ3v) is 7.68. The number of aryl methyl sites for hydroxylation is 4. The van der Waals surface area contributed by atoms with Crippen molar-refractivity contribution in [3.05, 3.63) is 105 Å². The molecule has 4 rings (SSSR count). The molecular formula is C30H33ClF2. The molecule has 33 heavy (non-hydrogen) atoms. The van der Waals surface area contributed by atoms with Crippen molar-refractivity contribution >= 4 is 11.6 Å². The van der Waals surface area contributed by atoms with Crippen LogP contribution in [0, 0.1) is 17.6 Å². The van der Waals surface area contributed by atoms with Gasteiger partial charge in [0.1, 0.15) is 16.7 Å². The van der Waals surface area contributed by atoms with Crippen LogP contribution in [-0.4, -0.2) is 0 Å². The third-order valence-electron chi connectivity index (χ3n) is 7.32. The lowest BCUT2D eigenvalue weighted by Crippen LogP contribution is -2.14. The zero-order valence-corrected chi connectivity index (χ0v) is 20.2. The Hall–Kier alpha value is -2.19. The first-order valence-corrected chi connectivity index (χ1v) is 12.7. The van der Waals surface area contributed by atoms with Crippen molar-refractivity contribution < 1.29 is 8.78 Å². The Labute approximate surface area is 202 Å². The molecule has 0 aliphatic heterocycles. The summed E-state index contributed by atoms with van der Waals surface area (Å²) in [7, 11) is 0. The molecular weight excluding hydrogens is 434 g/mol. The van der Waals surface area contributed by atoms with Crippen molar-refractivity contribution in [3.8, 4) is 0 Å². The highest BCUT2D eigenvalue weighted by Crippen LogP contribution is 2.37. The Bertz CT molecular complexity index is 1010. The van der Waals surface area contributed by atoms with Gasteiger partial charge in [-0.25, -0.2) is 8.78 Å². The third kappa shape index (κ3) is 6.44. The molecule has 0 nitrogen and oxygen atoms in total. The first-order valence-electron chi connectivity index (χ1n) is 12.3. The van der Waals surface area contributed by atoms with Crippen LogP contribution in [0.4, 0.5) is 8.78 Å². The Morgan fingerprint density at radius 3 is 1.79 bits per heavy atom. The van der Waals surface area contributed by atoms with E-state index in [-0.39, 0.29) is 0 Å². The summed E-state index contributed by atoms with van der Waals surface area (Å²) in [6.45, 7) is 2.21. The van der Waals surface area contributed by atoms with Gasteiger partial charge in [0.25, 0.3) is 0 Å². The lowest BCUT2D eigenvalue weighted by Gasteiger charge is -2.29. The SMILES string of the molecule is CCc1ccc(C2CCC(CCc3ccc(CCc4cc(F)c(Cl)c(F)c4)cc3)CC2)cc1. The van der Waals surface area contributed by atoms with E-state index in [9.17, 15) is 8.78 Å². The maximum Gasteiger partial charge on any atom is 0.145 e. The highest BCUT2D eigenvalue weighted by Gasteiger charge is 2.22. The summed E-state index contributed by atoms with van der Waals surface area (Å²) in [6, 6.07) is 20.6. The summed E-state index contributed by atoms with van der Waals surface area (Å²) in [5.74, 6) is 0.176. The summed E-state index contributed by atoms with van der Waals surface area (Å²) in [6.07, 6.45) is 10.1. The lowest BCUT2D eigenvalue weighted by atomic mass is 9.77. The van der Waals surface area contributed by atoms with E-state index in [2.05, 4.69) is 55.5 Å². The van der Waals surface area contributed by atoms with Crippen LogP contribution in [0.2, 0.25) is 5.02 Å². The van der Waals surface area contributed by atoms with Gasteiger partial charge in [-0.1, -0.05) is 67.1 Å². The van der Waals surface area contributed by atoms with Gasteiger partial charge in [0.15, 0.2) is 0 Å².